The molecule has 0 fully saturated rings. The predicted molar refractivity (Wildman–Crippen MR) is 104 cm³/mol. The van der Waals surface area contributed by atoms with E-state index in [9.17, 15) is 13.2 Å². The van der Waals surface area contributed by atoms with Crippen LogP contribution in [-0.2, 0) is 21.4 Å². The second kappa shape index (κ2) is 9.25. The minimum atomic E-state index is -3.54. The van der Waals surface area contributed by atoms with Gasteiger partial charge in [-0.25, -0.2) is 13.1 Å². The van der Waals surface area contributed by atoms with E-state index in [1.54, 1.807) is 30.7 Å². The predicted octanol–water partition coefficient (Wildman–Crippen LogP) is 0.530. The van der Waals surface area contributed by atoms with Crippen molar-refractivity contribution < 1.29 is 13.2 Å². The Bertz CT molecular complexity index is 874. The second-order valence-electron chi connectivity index (χ2n) is 6.46. The lowest BCUT2D eigenvalue weighted by Crippen LogP contribution is -2.31. The van der Waals surface area contributed by atoms with Crippen molar-refractivity contribution in [1.82, 2.24) is 29.5 Å². The van der Waals surface area contributed by atoms with E-state index in [-0.39, 0.29) is 17.2 Å². The number of likely N-dealkylation sites (N-methyl/N-ethyl adjacent to an activating group) is 1. The summed E-state index contributed by atoms with van der Waals surface area (Å²) in [5.41, 5.74) is 1.20. The average molecular weight is 397 g/mol. The Hall–Kier alpha value is -2.04. The fraction of sp³-hybridized carbons (Fsp3) is 0.588. The van der Waals surface area contributed by atoms with Crippen molar-refractivity contribution in [3.05, 3.63) is 18.2 Å². The van der Waals surface area contributed by atoms with E-state index in [2.05, 4.69) is 15.6 Å². The molecule has 1 aromatic heterocycles. The maximum absolute atomic E-state index is 12.6. The van der Waals surface area contributed by atoms with Gasteiger partial charge in [0.15, 0.2) is 0 Å². The van der Waals surface area contributed by atoms with Crippen molar-refractivity contribution in [1.29, 1.82) is 0 Å². The summed E-state index contributed by atoms with van der Waals surface area (Å²) in [6.07, 6.45) is 0.283. The summed E-state index contributed by atoms with van der Waals surface area (Å²) in [4.78, 5) is 14.1. The quantitative estimate of drug-likeness (QED) is 0.629. The zero-order chi connectivity index (χ0) is 20.0. The van der Waals surface area contributed by atoms with Crippen molar-refractivity contribution in [2.75, 3.05) is 40.3 Å². The van der Waals surface area contributed by atoms with Gasteiger partial charge in [-0.15, -0.1) is 5.10 Å². The number of aryl methyl sites for hydroxylation is 1. The van der Waals surface area contributed by atoms with E-state index in [0.717, 1.165) is 6.54 Å². The molecule has 0 saturated heterocycles. The summed E-state index contributed by atoms with van der Waals surface area (Å²) in [5.74, 6) is -0.0544. The summed E-state index contributed by atoms with van der Waals surface area (Å²) in [6.45, 7) is 6.18. The third-order valence-corrected chi connectivity index (χ3v) is 6.31. The highest BCUT2D eigenvalue weighted by molar-refractivity contribution is 7.89. The molecule has 0 bridgehead atoms. The van der Waals surface area contributed by atoms with Gasteiger partial charge in [-0.1, -0.05) is 19.1 Å². The van der Waals surface area contributed by atoms with Crippen molar-refractivity contribution in [3.8, 4) is 0 Å². The zero-order valence-electron chi connectivity index (χ0n) is 16.3. The molecule has 0 saturated carbocycles. The molecule has 10 heteroatoms. The van der Waals surface area contributed by atoms with E-state index in [0.29, 0.717) is 37.2 Å². The number of fused-ring (bicyclic) bond motifs is 1. The lowest BCUT2D eigenvalue weighted by atomic mass is 10.3. The molecule has 0 unspecified atom stereocenters. The van der Waals surface area contributed by atoms with Gasteiger partial charge in [0, 0.05) is 32.6 Å². The number of hydrogen-bond donors (Lipinski definition) is 1. The maximum Gasteiger partial charge on any atom is 0.243 e. The minimum Gasteiger partial charge on any atom is -0.355 e. The fourth-order valence-electron chi connectivity index (χ4n) is 2.70. The van der Waals surface area contributed by atoms with Crippen LogP contribution in [0.1, 0.15) is 20.3 Å². The molecule has 0 radical (unpaired) electrons. The highest BCUT2D eigenvalue weighted by Gasteiger charge is 2.22. The first-order valence-corrected chi connectivity index (χ1v) is 10.5. The summed E-state index contributed by atoms with van der Waals surface area (Å²) in [6, 6.07) is 4.78. The van der Waals surface area contributed by atoms with E-state index in [4.69, 9.17) is 0 Å². The van der Waals surface area contributed by atoms with E-state index >= 15 is 0 Å². The molecule has 0 spiro atoms. The van der Waals surface area contributed by atoms with E-state index in [1.807, 2.05) is 19.0 Å². The topological polar surface area (TPSA) is 100 Å². The van der Waals surface area contributed by atoms with Gasteiger partial charge in [-0.2, -0.15) is 4.31 Å². The van der Waals surface area contributed by atoms with Gasteiger partial charge in [0.05, 0.1) is 17.0 Å². The molecular formula is C17H28N6O3S. The van der Waals surface area contributed by atoms with Crippen LogP contribution in [0, 0.1) is 0 Å². The molecule has 2 rings (SSSR count). The largest absolute Gasteiger partial charge is 0.355 e. The number of hydrogen-bond acceptors (Lipinski definition) is 6. The van der Waals surface area contributed by atoms with Crippen molar-refractivity contribution in [3.63, 3.8) is 0 Å². The minimum absolute atomic E-state index is 0.0544. The first-order valence-electron chi connectivity index (χ1n) is 9.04. The molecule has 1 aromatic carbocycles. The molecule has 2 aromatic rings. The standard InChI is InChI=1S/C17H28N6O3S/c1-5-22(6-2)27(25,26)14-7-8-16-15(13-14)19-20-23(16)11-9-17(24)18-10-12-21(3)4/h7-8,13H,5-6,9-12H2,1-4H3,(H,18,24). The van der Waals surface area contributed by atoms with Gasteiger partial charge in [-0.05, 0) is 32.3 Å². The Morgan fingerprint density at radius 3 is 2.56 bits per heavy atom. The Balaban J connectivity index is 2.08. The van der Waals surface area contributed by atoms with Crippen molar-refractivity contribution >= 4 is 27.0 Å². The number of sulfonamides is 1. The molecule has 1 heterocycles. The van der Waals surface area contributed by atoms with Gasteiger partial charge in [0.2, 0.25) is 15.9 Å². The van der Waals surface area contributed by atoms with Gasteiger partial charge in [0.25, 0.3) is 0 Å². The Morgan fingerprint density at radius 2 is 1.93 bits per heavy atom. The third-order valence-electron chi connectivity index (χ3n) is 4.26. The number of carbonyl (C=O) groups excluding carboxylic acids is 1. The molecule has 0 aliphatic rings. The van der Waals surface area contributed by atoms with Gasteiger partial charge < -0.3 is 10.2 Å². The zero-order valence-corrected chi connectivity index (χ0v) is 17.2. The molecule has 1 amide bonds. The highest BCUT2D eigenvalue weighted by atomic mass is 32.2. The molecule has 27 heavy (non-hydrogen) atoms. The van der Waals surface area contributed by atoms with Crippen LogP contribution >= 0.6 is 0 Å². The van der Waals surface area contributed by atoms with Crippen LogP contribution in [0.15, 0.2) is 23.1 Å². The van der Waals surface area contributed by atoms with Gasteiger partial charge in [0.1, 0.15) is 5.52 Å². The normalized spacial score (nSPS) is 12.2. The van der Waals surface area contributed by atoms with Crippen molar-refractivity contribution in [2.24, 2.45) is 0 Å². The van der Waals surface area contributed by atoms with Gasteiger partial charge >= 0.3 is 0 Å². The van der Waals surface area contributed by atoms with Crippen LogP contribution in [0.5, 0.6) is 0 Å². The molecular weight excluding hydrogens is 368 g/mol. The number of aromatic nitrogens is 3. The number of nitrogens with zero attached hydrogens (tertiary/aromatic N) is 5. The molecule has 0 aliphatic heterocycles. The summed E-state index contributed by atoms with van der Waals surface area (Å²) < 4.78 is 28.3. The molecule has 9 nitrogen and oxygen atoms in total. The monoisotopic (exact) mass is 396 g/mol. The summed E-state index contributed by atoms with van der Waals surface area (Å²) >= 11 is 0. The number of carbonyl (C=O) groups is 1. The molecule has 150 valence electrons. The molecule has 0 aliphatic carbocycles. The second-order valence-corrected chi connectivity index (χ2v) is 8.39. The van der Waals surface area contributed by atoms with Crippen LogP contribution in [0.4, 0.5) is 0 Å². The van der Waals surface area contributed by atoms with Gasteiger partial charge in [-0.3, -0.25) is 4.79 Å². The van der Waals surface area contributed by atoms with Crippen LogP contribution in [0.2, 0.25) is 0 Å². The number of nitrogens with one attached hydrogen (secondary N) is 1. The Morgan fingerprint density at radius 1 is 1.22 bits per heavy atom. The first-order chi connectivity index (χ1) is 12.8. The van der Waals surface area contributed by atoms with Crippen LogP contribution in [0.25, 0.3) is 11.0 Å². The number of rotatable bonds is 10. The van der Waals surface area contributed by atoms with Crippen LogP contribution in [0.3, 0.4) is 0 Å². The third kappa shape index (κ3) is 5.24. The van der Waals surface area contributed by atoms with E-state index < -0.39 is 10.0 Å². The summed E-state index contributed by atoms with van der Waals surface area (Å²) in [5, 5.41) is 11.0. The summed E-state index contributed by atoms with van der Waals surface area (Å²) in [7, 11) is 0.355. The van der Waals surface area contributed by atoms with Crippen LogP contribution < -0.4 is 5.32 Å². The number of benzene rings is 1. The average Bonchev–Trinajstić information content (AvgIpc) is 3.02. The maximum atomic E-state index is 12.6. The van der Waals surface area contributed by atoms with Crippen LogP contribution in [-0.4, -0.2) is 78.8 Å². The SMILES string of the molecule is CCN(CC)S(=O)(=O)c1ccc2c(c1)nnn2CCC(=O)NCCN(C)C. The number of amides is 1. The van der Waals surface area contributed by atoms with Crippen molar-refractivity contribution in [2.45, 2.75) is 31.7 Å². The highest BCUT2D eigenvalue weighted by Crippen LogP contribution is 2.20. The smallest absolute Gasteiger partial charge is 0.243 e. The lowest BCUT2D eigenvalue weighted by Gasteiger charge is -2.18. The Kier molecular flexibility index (Phi) is 7.28. The fourth-order valence-corrected chi connectivity index (χ4v) is 4.18. The molecule has 1 N–H and O–H groups in total. The molecule has 0 atom stereocenters. The first kappa shape index (κ1) is 21.3. The van der Waals surface area contributed by atoms with E-state index in [1.165, 1.54) is 10.4 Å². The Labute approximate surface area is 160 Å². The lowest BCUT2D eigenvalue weighted by molar-refractivity contribution is -0.121.